The van der Waals surface area contributed by atoms with E-state index in [4.69, 9.17) is 4.74 Å². The number of carbonyl (C=O) groups is 1. The van der Waals surface area contributed by atoms with Crippen molar-refractivity contribution < 1.29 is 19.7 Å². The zero-order chi connectivity index (χ0) is 12.8. The average molecular weight is 234 g/mol. The Morgan fingerprint density at radius 2 is 2.00 bits per heavy atom. The van der Waals surface area contributed by atoms with Crippen LogP contribution in [0.25, 0.3) is 6.08 Å². The smallest absolute Gasteiger partial charge is 0.173 e. The van der Waals surface area contributed by atoms with Crippen molar-refractivity contribution in [3.63, 3.8) is 0 Å². The van der Waals surface area contributed by atoms with E-state index in [9.17, 15) is 15.0 Å². The molecule has 0 amide bonds. The van der Waals surface area contributed by atoms with Gasteiger partial charge in [-0.3, -0.25) is 4.79 Å². The van der Waals surface area contributed by atoms with Crippen molar-refractivity contribution in [2.75, 3.05) is 0 Å². The van der Waals surface area contributed by atoms with Gasteiger partial charge in [-0.25, -0.2) is 0 Å². The van der Waals surface area contributed by atoms with Gasteiger partial charge in [0, 0.05) is 0 Å². The SMILES string of the molecule is CC(=O)c1cc(O)c2c(c1O)C=CC(C)(C)O2. The third-order valence-corrected chi connectivity index (χ3v) is 2.66. The number of Topliss-reactive ketones (excluding diaryl/α,β-unsaturated/α-hetero) is 1. The molecular formula is C13H14O4. The lowest BCUT2D eigenvalue weighted by molar-refractivity contribution is 0.101. The number of fused-ring (bicyclic) bond motifs is 1. The summed E-state index contributed by atoms with van der Waals surface area (Å²) in [6, 6.07) is 1.23. The van der Waals surface area contributed by atoms with E-state index in [1.807, 2.05) is 13.8 Å². The predicted molar refractivity (Wildman–Crippen MR) is 63.5 cm³/mol. The van der Waals surface area contributed by atoms with Crippen LogP contribution < -0.4 is 4.74 Å². The first-order chi connectivity index (χ1) is 7.82. The number of aromatic hydroxyl groups is 2. The Hall–Kier alpha value is -1.97. The molecule has 0 spiro atoms. The molecule has 0 atom stereocenters. The molecule has 1 heterocycles. The highest BCUT2D eigenvalue weighted by Gasteiger charge is 2.28. The second-order valence-corrected chi connectivity index (χ2v) is 4.63. The topological polar surface area (TPSA) is 66.8 Å². The van der Waals surface area contributed by atoms with Gasteiger partial charge in [0.15, 0.2) is 17.3 Å². The third-order valence-electron chi connectivity index (χ3n) is 2.66. The first-order valence-electron chi connectivity index (χ1n) is 5.30. The van der Waals surface area contributed by atoms with Crippen LogP contribution in [0.2, 0.25) is 0 Å². The van der Waals surface area contributed by atoms with E-state index in [0.717, 1.165) is 0 Å². The lowest BCUT2D eigenvalue weighted by atomic mass is 9.98. The number of carbonyl (C=O) groups excluding carboxylic acids is 1. The second kappa shape index (κ2) is 3.52. The van der Waals surface area contributed by atoms with Crippen LogP contribution in [0.5, 0.6) is 17.2 Å². The molecule has 4 heteroatoms. The maximum Gasteiger partial charge on any atom is 0.173 e. The number of phenolic OH excluding ortho intramolecular Hbond substituents is 2. The molecule has 0 saturated heterocycles. The number of phenols is 2. The highest BCUT2D eigenvalue weighted by atomic mass is 16.5. The lowest BCUT2D eigenvalue weighted by Gasteiger charge is -2.29. The van der Waals surface area contributed by atoms with E-state index >= 15 is 0 Å². The largest absolute Gasteiger partial charge is 0.506 e. The van der Waals surface area contributed by atoms with Gasteiger partial charge in [-0.05, 0) is 39.0 Å². The fraction of sp³-hybridized carbons (Fsp3) is 0.308. The fourth-order valence-electron chi connectivity index (χ4n) is 1.77. The van der Waals surface area contributed by atoms with Gasteiger partial charge >= 0.3 is 0 Å². The number of ether oxygens (including phenoxy) is 1. The maximum absolute atomic E-state index is 11.3. The van der Waals surface area contributed by atoms with Gasteiger partial charge in [-0.15, -0.1) is 0 Å². The maximum atomic E-state index is 11.3. The molecule has 0 radical (unpaired) electrons. The average Bonchev–Trinajstić information content (AvgIpc) is 2.21. The van der Waals surface area contributed by atoms with Crippen molar-refractivity contribution in [2.45, 2.75) is 26.4 Å². The molecule has 90 valence electrons. The van der Waals surface area contributed by atoms with Gasteiger partial charge in [-0.2, -0.15) is 0 Å². The van der Waals surface area contributed by atoms with Crippen molar-refractivity contribution in [1.82, 2.24) is 0 Å². The molecule has 0 fully saturated rings. The van der Waals surface area contributed by atoms with Gasteiger partial charge in [-0.1, -0.05) is 0 Å². The molecule has 0 bridgehead atoms. The summed E-state index contributed by atoms with van der Waals surface area (Å²) < 4.78 is 5.56. The molecule has 2 rings (SSSR count). The van der Waals surface area contributed by atoms with E-state index in [1.54, 1.807) is 12.2 Å². The minimum Gasteiger partial charge on any atom is -0.506 e. The summed E-state index contributed by atoms with van der Waals surface area (Å²) in [5.41, 5.74) is -0.113. The van der Waals surface area contributed by atoms with Crippen molar-refractivity contribution >= 4 is 11.9 Å². The summed E-state index contributed by atoms with van der Waals surface area (Å²) in [6.07, 6.45) is 3.42. The summed E-state index contributed by atoms with van der Waals surface area (Å²) in [6.45, 7) is 5.00. The normalized spacial score (nSPS) is 16.2. The van der Waals surface area contributed by atoms with Crippen molar-refractivity contribution in [3.8, 4) is 17.2 Å². The monoisotopic (exact) mass is 234 g/mol. The Morgan fingerprint density at radius 1 is 1.35 bits per heavy atom. The zero-order valence-corrected chi connectivity index (χ0v) is 9.94. The zero-order valence-electron chi connectivity index (χ0n) is 9.94. The second-order valence-electron chi connectivity index (χ2n) is 4.63. The van der Waals surface area contributed by atoms with Gasteiger partial charge in [0.2, 0.25) is 0 Å². The molecule has 0 aliphatic carbocycles. The third kappa shape index (κ3) is 1.86. The number of rotatable bonds is 1. The minimum atomic E-state index is -0.547. The van der Waals surface area contributed by atoms with E-state index < -0.39 is 5.60 Å². The Labute approximate surface area is 99.2 Å². The fourth-order valence-corrected chi connectivity index (χ4v) is 1.77. The molecule has 1 aliphatic rings. The van der Waals surface area contributed by atoms with Crippen molar-refractivity contribution in [2.24, 2.45) is 0 Å². The van der Waals surface area contributed by atoms with Gasteiger partial charge in [0.1, 0.15) is 11.4 Å². The Morgan fingerprint density at radius 3 is 2.59 bits per heavy atom. The van der Waals surface area contributed by atoms with E-state index in [0.29, 0.717) is 5.56 Å². The Bertz CT molecular complexity index is 527. The first-order valence-corrected chi connectivity index (χ1v) is 5.30. The molecular weight excluding hydrogens is 220 g/mol. The van der Waals surface area contributed by atoms with Crippen LogP contribution in [0, 0.1) is 0 Å². The number of ketones is 1. The molecule has 0 saturated carbocycles. The lowest BCUT2D eigenvalue weighted by Crippen LogP contribution is -2.27. The van der Waals surface area contributed by atoms with Crippen LogP contribution >= 0.6 is 0 Å². The van der Waals surface area contributed by atoms with E-state index in [2.05, 4.69) is 0 Å². The summed E-state index contributed by atoms with van der Waals surface area (Å²) in [5.74, 6) is -0.392. The summed E-state index contributed by atoms with van der Waals surface area (Å²) >= 11 is 0. The molecule has 0 unspecified atom stereocenters. The van der Waals surface area contributed by atoms with Gasteiger partial charge < -0.3 is 14.9 Å². The van der Waals surface area contributed by atoms with Crippen LogP contribution in [0.3, 0.4) is 0 Å². The standard InChI is InChI=1S/C13H14O4/c1-7(14)9-6-10(15)12-8(11(9)16)4-5-13(2,3)17-12/h4-6,15-16H,1-3H3. The Kier molecular flexibility index (Phi) is 2.38. The van der Waals surface area contributed by atoms with Gasteiger partial charge in [0.05, 0.1) is 11.1 Å². The summed E-state index contributed by atoms with van der Waals surface area (Å²) in [7, 11) is 0. The minimum absolute atomic E-state index is 0.0919. The molecule has 17 heavy (non-hydrogen) atoms. The van der Waals surface area contributed by atoms with Crippen molar-refractivity contribution in [1.29, 1.82) is 0 Å². The molecule has 2 N–H and O–H groups in total. The van der Waals surface area contributed by atoms with Crippen LogP contribution in [0.15, 0.2) is 12.1 Å². The molecule has 4 nitrogen and oxygen atoms in total. The Balaban J connectivity index is 2.67. The number of benzene rings is 1. The van der Waals surface area contributed by atoms with Crippen LogP contribution in [-0.2, 0) is 0 Å². The molecule has 0 aromatic heterocycles. The molecule has 1 aromatic rings. The van der Waals surface area contributed by atoms with Crippen LogP contribution in [0.4, 0.5) is 0 Å². The number of hydrogen-bond donors (Lipinski definition) is 2. The van der Waals surface area contributed by atoms with Crippen LogP contribution in [0.1, 0.15) is 36.7 Å². The highest BCUT2D eigenvalue weighted by Crippen LogP contribution is 2.44. The molecule has 1 aromatic carbocycles. The van der Waals surface area contributed by atoms with E-state index in [1.165, 1.54) is 13.0 Å². The number of hydrogen-bond acceptors (Lipinski definition) is 4. The first kappa shape index (κ1) is 11.5. The summed E-state index contributed by atoms with van der Waals surface area (Å²) in [5, 5.41) is 19.8. The predicted octanol–water partition coefficient (Wildman–Crippen LogP) is 2.48. The van der Waals surface area contributed by atoms with Crippen molar-refractivity contribution in [3.05, 3.63) is 23.3 Å². The quantitative estimate of drug-likeness (QED) is 0.578. The van der Waals surface area contributed by atoms with E-state index in [-0.39, 0.29) is 28.6 Å². The van der Waals surface area contributed by atoms with Gasteiger partial charge in [0.25, 0.3) is 0 Å². The molecule has 1 aliphatic heterocycles. The highest BCUT2D eigenvalue weighted by molar-refractivity contribution is 5.99. The summed E-state index contributed by atoms with van der Waals surface area (Å²) in [4.78, 5) is 11.3. The van der Waals surface area contributed by atoms with Crippen LogP contribution in [-0.4, -0.2) is 21.6 Å².